The van der Waals surface area contributed by atoms with Gasteiger partial charge in [0.25, 0.3) is 0 Å². The molecule has 2 aromatic heterocycles. The van der Waals surface area contributed by atoms with Crippen LogP contribution in [0.15, 0.2) is 30.6 Å². The highest BCUT2D eigenvalue weighted by Gasteiger charge is 2.22. The number of fused-ring (bicyclic) bond motifs is 1. The first-order chi connectivity index (χ1) is 11.2. The molecule has 0 saturated carbocycles. The van der Waals surface area contributed by atoms with Gasteiger partial charge in [-0.25, -0.2) is 9.37 Å². The molecule has 1 aliphatic heterocycles. The zero-order valence-electron chi connectivity index (χ0n) is 12.2. The Morgan fingerprint density at radius 2 is 2.17 bits per heavy atom. The molecule has 4 rings (SSSR count). The highest BCUT2D eigenvalue weighted by Crippen LogP contribution is 2.30. The molecule has 7 nitrogen and oxygen atoms in total. The third kappa shape index (κ3) is 2.46. The van der Waals surface area contributed by atoms with Crippen molar-refractivity contribution in [3.8, 4) is 0 Å². The predicted molar refractivity (Wildman–Crippen MR) is 83.6 cm³/mol. The van der Waals surface area contributed by atoms with E-state index in [1.54, 1.807) is 24.5 Å². The van der Waals surface area contributed by atoms with Crippen LogP contribution in [0.5, 0.6) is 0 Å². The number of halogens is 1. The summed E-state index contributed by atoms with van der Waals surface area (Å²) in [7, 11) is 0. The van der Waals surface area contributed by atoms with E-state index in [0.29, 0.717) is 29.3 Å². The van der Waals surface area contributed by atoms with Crippen LogP contribution in [-0.2, 0) is 4.74 Å². The van der Waals surface area contributed by atoms with Crippen molar-refractivity contribution in [2.24, 2.45) is 0 Å². The molecule has 8 heteroatoms. The van der Waals surface area contributed by atoms with Gasteiger partial charge in [0.1, 0.15) is 12.0 Å². The van der Waals surface area contributed by atoms with Crippen molar-refractivity contribution < 1.29 is 9.13 Å². The molecular weight excluding hydrogens is 299 g/mol. The molecule has 3 aromatic rings. The van der Waals surface area contributed by atoms with Crippen LogP contribution < -0.4 is 11.1 Å². The van der Waals surface area contributed by atoms with E-state index in [1.165, 1.54) is 6.07 Å². The molecule has 1 unspecified atom stereocenters. The Hall–Kier alpha value is -2.74. The number of rotatable bonds is 3. The van der Waals surface area contributed by atoms with Crippen molar-refractivity contribution in [3.05, 3.63) is 36.4 Å². The molecule has 23 heavy (non-hydrogen) atoms. The van der Waals surface area contributed by atoms with Gasteiger partial charge in [-0.05, 0) is 25.0 Å². The zero-order chi connectivity index (χ0) is 15.8. The van der Waals surface area contributed by atoms with E-state index in [2.05, 4.69) is 20.3 Å². The second kappa shape index (κ2) is 5.47. The van der Waals surface area contributed by atoms with Crippen molar-refractivity contribution >= 4 is 28.6 Å². The summed E-state index contributed by atoms with van der Waals surface area (Å²) in [5.41, 5.74) is 7.21. The van der Waals surface area contributed by atoms with Crippen LogP contribution in [0.1, 0.15) is 19.1 Å². The van der Waals surface area contributed by atoms with Crippen LogP contribution in [0.4, 0.5) is 21.8 Å². The zero-order valence-corrected chi connectivity index (χ0v) is 12.2. The first kappa shape index (κ1) is 13.9. The summed E-state index contributed by atoms with van der Waals surface area (Å²) in [4.78, 5) is 12.8. The van der Waals surface area contributed by atoms with E-state index in [9.17, 15) is 4.39 Å². The average molecular weight is 314 g/mol. The van der Waals surface area contributed by atoms with E-state index >= 15 is 0 Å². The van der Waals surface area contributed by atoms with Gasteiger partial charge < -0.3 is 15.8 Å². The van der Waals surface area contributed by atoms with Crippen LogP contribution in [0.25, 0.3) is 11.2 Å². The minimum Gasteiger partial charge on any atom is -0.368 e. The summed E-state index contributed by atoms with van der Waals surface area (Å²) in [6.07, 6.45) is 3.44. The lowest BCUT2D eigenvalue weighted by Crippen LogP contribution is -2.08. The van der Waals surface area contributed by atoms with Gasteiger partial charge in [0.05, 0.1) is 12.0 Å². The van der Waals surface area contributed by atoms with Gasteiger partial charge in [0.2, 0.25) is 5.95 Å². The van der Waals surface area contributed by atoms with E-state index in [1.807, 2.05) is 4.57 Å². The first-order valence-corrected chi connectivity index (χ1v) is 7.35. The van der Waals surface area contributed by atoms with Crippen molar-refractivity contribution in [1.82, 2.24) is 19.5 Å². The summed E-state index contributed by atoms with van der Waals surface area (Å²) in [6.45, 7) is 0.714. The molecule has 118 valence electrons. The summed E-state index contributed by atoms with van der Waals surface area (Å²) in [5, 5.41) is 2.94. The summed E-state index contributed by atoms with van der Waals surface area (Å²) >= 11 is 0. The molecule has 0 radical (unpaired) electrons. The number of nitrogen functional groups attached to an aromatic ring is 1. The van der Waals surface area contributed by atoms with Crippen LogP contribution in [0, 0.1) is 5.82 Å². The molecular formula is C15H15FN6O. The number of hydrogen-bond acceptors (Lipinski definition) is 6. The fraction of sp³-hybridized carbons (Fsp3) is 0.267. The second-order valence-corrected chi connectivity index (χ2v) is 5.33. The summed E-state index contributed by atoms with van der Waals surface area (Å²) < 4.78 is 21.3. The minimum atomic E-state index is -0.378. The number of nitrogens with one attached hydrogen (secondary N) is 1. The van der Waals surface area contributed by atoms with Gasteiger partial charge in [-0.2, -0.15) is 9.97 Å². The SMILES string of the molecule is Nc1nc(Nc2ccccc2F)c2ncn(C3CCCO3)c2n1. The Labute approximate surface area is 131 Å². The molecule has 0 spiro atoms. The summed E-state index contributed by atoms with van der Waals surface area (Å²) in [6, 6.07) is 6.35. The Morgan fingerprint density at radius 1 is 1.30 bits per heavy atom. The fourth-order valence-corrected chi connectivity index (χ4v) is 2.70. The third-order valence-electron chi connectivity index (χ3n) is 3.78. The van der Waals surface area contributed by atoms with Crippen molar-refractivity contribution in [3.63, 3.8) is 0 Å². The smallest absolute Gasteiger partial charge is 0.224 e. The Kier molecular flexibility index (Phi) is 3.30. The molecule has 0 amide bonds. The summed E-state index contributed by atoms with van der Waals surface area (Å²) in [5.74, 6) is 0.0850. The number of imidazole rings is 1. The maximum Gasteiger partial charge on any atom is 0.224 e. The number of hydrogen-bond donors (Lipinski definition) is 2. The monoisotopic (exact) mass is 314 g/mol. The van der Waals surface area contributed by atoms with Gasteiger partial charge in [-0.15, -0.1) is 0 Å². The molecule has 1 atom stereocenters. The number of nitrogens with zero attached hydrogens (tertiary/aromatic N) is 4. The molecule has 0 aliphatic carbocycles. The second-order valence-electron chi connectivity index (χ2n) is 5.33. The highest BCUT2D eigenvalue weighted by atomic mass is 19.1. The number of para-hydroxylation sites is 1. The number of nitrogens with two attached hydrogens (primary N) is 1. The first-order valence-electron chi connectivity index (χ1n) is 7.35. The Bertz CT molecular complexity index is 858. The van der Waals surface area contributed by atoms with Gasteiger partial charge in [0.15, 0.2) is 17.0 Å². The Morgan fingerprint density at radius 3 is 2.96 bits per heavy atom. The normalized spacial score (nSPS) is 17.7. The number of ether oxygens (including phenoxy) is 1. The molecule has 1 saturated heterocycles. The molecule has 1 aliphatic rings. The van der Waals surface area contributed by atoms with Crippen molar-refractivity contribution in [1.29, 1.82) is 0 Å². The van der Waals surface area contributed by atoms with Crippen LogP contribution in [0.2, 0.25) is 0 Å². The van der Waals surface area contributed by atoms with Gasteiger partial charge in [-0.1, -0.05) is 12.1 Å². The molecule has 1 aromatic carbocycles. The standard InChI is InChI=1S/C15H15FN6O/c16-9-4-1-2-5-10(9)19-13-12-14(21-15(17)20-13)22(8-18-12)11-6-3-7-23-11/h1-2,4-5,8,11H,3,6-7H2,(H3,17,19,20,21). The largest absolute Gasteiger partial charge is 0.368 e. The van der Waals surface area contributed by atoms with Gasteiger partial charge in [0, 0.05) is 6.61 Å². The van der Waals surface area contributed by atoms with Crippen LogP contribution >= 0.6 is 0 Å². The van der Waals surface area contributed by atoms with Gasteiger partial charge in [-0.3, -0.25) is 4.57 Å². The van der Waals surface area contributed by atoms with Crippen LogP contribution in [0.3, 0.4) is 0 Å². The third-order valence-corrected chi connectivity index (χ3v) is 3.78. The minimum absolute atomic E-state index is 0.0936. The predicted octanol–water partition coefficient (Wildman–Crippen LogP) is 2.60. The topological polar surface area (TPSA) is 90.9 Å². The lowest BCUT2D eigenvalue weighted by Gasteiger charge is -2.12. The number of benzene rings is 1. The quantitative estimate of drug-likeness (QED) is 0.772. The van der Waals surface area contributed by atoms with Crippen LogP contribution in [-0.4, -0.2) is 26.1 Å². The van der Waals surface area contributed by atoms with E-state index < -0.39 is 0 Å². The molecule has 3 heterocycles. The molecule has 1 fully saturated rings. The number of aromatic nitrogens is 4. The Balaban J connectivity index is 1.79. The van der Waals surface area contributed by atoms with E-state index in [-0.39, 0.29) is 18.0 Å². The lowest BCUT2D eigenvalue weighted by atomic mass is 10.3. The van der Waals surface area contributed by atoms with Crippen molar-refractivity contribution in [2.75, 3.05) is 17.7 Å². The molecule has 3 N–H and O–H groups in total. The maximum absolute atomic E-state index is 13.8. The highest BCUT2D eigenvalue weighted by molar-refractivity contribution is 5.86. The molecule has 0 bridgehead atoms. The number of anilines is 3. The van der Waals surface area contributed by atoms with Crippen molar-refractivity contribution in [2.45, 2.75) is 19.1 Å². The lowest BCUT2D eigenvalue weighted by molar-refractivity contribution is 0.0593. The average Bonchev–Trinajstić information content (AvgIpc) is 3.18. The van der Waals surface area contributed by atoms with E-state index in [4.69, 9.17) is 10.5 Å². The van der Waals surface area contributed by atoms with E-state index in [0.717, 1.165) is 12.8 Å². The fourth-order valence-electron chi connectivity index (χ4n) is 2.70. The van der Waals surface area contributed by atoms with Gasteiger partial charge >= 0.3 is 0 Å². The maximum atomic E-state index is 13.8.